The lowest BCUT2D eigenvalue weighted by Gasteiger charge is -2.48. The minimum atomic E-state index is -0.573. The third-order valence-electron chi connectivity index (χ3n) is 5.59. The molecular weight excluding hydrogens is 342 g/mol. The van der Waals surface area contributed by atoms with E-state index in [0.29, 0.717) is 25.5 Å². The summed E-state index contributed by atoms with van der Waals surface area (Å²) in [6.45, 7) is 2.63. The maximum atomic E-state index is 12.2. The number of nitrogens with two attached hydrogens (primary N) is 1. The van der Waals surface area contributed by atoms with Gasteiger partial charge >= 0.3 is 0 Å². The van der Waals surface area contributed by atoms with Gasteiger partial charge in [0.2, 0.25) is 11.9 Å². The average Bonchev–Trinajstić information content (AvgIpc) is 2.65. The highest BCUT2D eigenvalue weighted by Crippen LogP contribution is 2.36. The van der Waals surface area contributed by atoms with Crippen molar-refractivity contribution in [3.05, 3.63) is 48.2 Å². The van der Waals surface area contributed by atoms with Gasteiger partial charge in [-0.1, -0.05) is 30.3 Å². The van der Waals surface area contributed by atoms with E-state index < -0.39 is 5.41 Å². The van der Waals surface area contributed by atoms with E-state index in [2.05, 4.69) is 14.9 Å². The summed E-state index contributed by atoms with van der Waals surface area (Å²) in [7, 11) is 0. The number of carbonyl (C=O) groups is 1. The van der Waals surface area contributed by atoms with Gasteiger partial charge in [-0.3, -0.25) is 4.79 Å². The smallest absolute Gasteiger partial charge is 0.227 e. The molecule has 0 atom stereocenters. The standard InChI is InChI=1S/C20H25N5O2/c21-18(27)20(12-15-4-2-1-3-5-15)13-25(14-20)19-22-9-6-17(23-19)24-10-7-16(26)8-11-24/h1-6,9,16,26H,7-8,10-14H2,(H2,21,27). The molecule has 7 heteroatoms. The van der Waals surface area contributed by atoms with Gasteiger partial charge in [-0.05, 0) is 30.9 Å². The molecule has 142 valence electrons. The molecule has 0 saturated carbocycles. The number of aromatic nitrogens is 2. The van der Waals surface area contributed by atoms with Crippen LogP contribution in [0.1, 0.15) is 18.4 Å². The first-order valence-corrected chi connectivity index (χ1v) is 9.41. The predicted octanol–water partition coefficient (Wildman–Crippen LogP) is 0.972. The van der Waals surface area contributed by atoms with E-state index in [-0.39, 0.29) is 12.0 Å². The van der Waals surface area contributed by atoms with Gasteiger partial charge in [0.25, 0.3) is 0 Å². The number of hydrogen-bond donors (Lipinski definition) is 2. The van der Waals surface area contributed by atoms with Crippen molar-refractivity contribution in [1.82, 2.24) is 9.97 Å². The Labute approximate surface area is 158 Å². The van der Waals surface area contributed by atoms with Crippen LogP contribution in [0.3, 0.4) is 0 Å². The Balaban J connectivity index is 1.46. The van der Waals surface area contributed by atoms with Crippen LogP contribution in [0.2, 0.25) is 0 Å². The number of amides is 1. The second-order valence-electron chi connectivity index (χ2n) is 7.60. The minimum absolute atomic E-state index is 0.216. The second-order valence-corrected chi connectivity index (χ2v) is 7.60. The van der Waals surface area contributed by atoms with Crippen molar-refractivity contribution >= 4 is 17.7 Å². The Morgan fingerprint density at radius 3 is 2.52 bits per heavy atom. The number of piperidine rings is 1. The highest BCUT2D eigenvalue weighted by Gasteiger charge is 2.49. The van der Waals surface area contributed by atoms with Gasteiger partial charge in [-0.2, -0.15) is 4.98 Å². The van der Waals surface area contributed by atoms with Crippen molar-refractivity contribution in [1.29, 1.82) is 0 Å². The SMILES string of the molecule is NC(=O)C1(Cc2ccccc2)CN(c2nccc(N3CCC(O)CC3)n2)C1. The summed E-state index contributed by atoms with van der Waals surface area (Å²) >= 11 is 0. The van der Waals surface area contributed by atoms with Crippen LogP contribution in [0, 0.1) is 5.41 Å². The first-order valence-electron chi connectivity index (χ1n) is 9.41. The molecule has 4 rings (SSSR count). The molecule has 27 heavy (non-hydrogen) atoms. The molecule has 1 amide bonds. The van der Waals surface area contributed by atoms with E-state index in [4.69, 9.17) is 5.73 Å². The van der Waals surface area contributed by atoms with E-state index in [0.717, 1.165) is 37.3 Å². The molecule has 0 aliphatic carbocycles. The van der Waals surface area contributed by atoms with Crippen LogP contribution in [0.4, 0.5) is 11.8 Å². The molecule has 2 aromatic rings. The second kappa shape index (κ2) is 7.15. The zero-order valence-corrected chi connectivity index (χ0v) is 15.3. The summed E-state index contributed by atoms with van der Waals surface area (Å²) < 4.78 is 0. The number of anilines is 2. The number of aliphatic hydroxyl groups is 1. The van der Waals surface area contributed by atoms with Gasteiger partial charge in [0.15, 0.2) is 0 Å². The van der Waals surface area contributed by atoms with Gasteiger partial charge in [0, 0.05) is 32.4 Å². The largest absolute Gasteiger partial charge is 0.393 e. The first-order chi connectivity index (χ1) is 13.1. The summed E-state index contributed by atoms with van der Waals surface area (Å²) in [5, 5.41) is 9.68. The third kappa shape index (κ3) is 3.60. The van der Waals surface area contributed by atoms with Crippen molar-refractivity contribution in [3.63, 3.8) is 0 Å². The third-order valence-corrected chi connectivity index (χ3v) is 5.59. The molecule has 3 heterocycles. The summed E-state index contributed by atoms with van der Waals surface area (Å²) in [6, 6.07) is 11.9. The van der Waals surface area contributed by atoms with Gasteiger partial charge in [-0.25, -0.2) is 4.98 Å². The molecule has 0 spiro atoms. The Bertz CT molecular complexity index is 799. The molecule has 3 N–H and O–H groups in total. The van der Waals surface area contributed by atoms with Crippen LogP contribution in [-0.4, -0.2) is 53.3 Å². The summed E-state index contributed by atoms with van der Waals surface area (Å²) in [6.07, 6.45) is 3.68. The Morgan fingerprint density at radius 1 is 1.15 bits per heavy atom. The van der Waals surface area contributed by atoms with Crippen molar-refractivity contribution < 1.29 is 9.90 Å². The number of hydrogen-bond acceptors (Lipinski definition) is 6. The topological polar surface area (TPSA) is 95.6 Å². The minimum Gasteiger partial charge on any atom is -0.393 e. The van der Waals surface area contributed by atoms with Gasteiger partial charge in [-0.15, -0.1) is 0 Å². The molecule has 2 saturated heterocycles. The number of aliphatic hydroxyl groups excluding tert-OH is 1. The highest BCUT2D eigenvalue weighted by molar-refractivity contribution is 5.84. The number of nitrogens with zero attached hydrogens (tertiary/aromatic N) is 4. The molecule has 0 unspecified atom stereocenters. The van der Waals surface area contributed by atoms with Crippen molar-refractivity contribution in [2.45, 2.75) is 25.4 Å². The van der Waals surface area contributed by atoms with E-state index in [1.54, 1.807) is 6.20 Å². The van der Waals surface area contributed by atoms with Crippen LogP contribution >= 0.6 is 0 Å². The molecule has 7 nitrogen and oxygen atoms in total. The maximum Gasteiger partial charge on any atom is 0.227 e. The monoisotopic (exact) mass is 367 g/mol. The van der Waals surface area contributed by atoms with Crippen molar-refractivity contribution in [3.8, 4) is 0 Å². The number of carbonyl (C=O) groups excluding carboxylic acids is 1. The number of rotatable bonds is 5. The normalized spacial score (nSPS) is 19.6. The van der Waals surface area contributed by atoms with Gasteiger partial charge in [0.1, 0.15) is 5.82 Å². The molecule has 0 bridgehead atoms. The molecule has 2 aliphatic rings. The zero-order chi connectivity index (χ0) is 18.9. The fraction of sp³-hybridized carbons (Fsp3) is 0.450. The fourth-order valence-electron chi connectivity index (χ4n) is 3.93. The van der Waals surface area contributed by atoms with Gasteiger partial charge < -0.3 is 20.6 Å². The molecule has 1 aromatic carbocycles. The zero-order valence-electron chi connectivity index (χ0n) is 15.3. The summed E-state index contributed by atoms with van der Waals surface area (Å²) in [4.78, 5) is 25.4. The lowest BCUT2D eigenvalue weighted by atomic mass is 9.74. The first kappa shape index (κ1) is 17.7. The molecule has 1 aromatic heterocycles. The van der Waals surface area contributed by atoms with Crippen molar-refractivity contribution in [2.75, 3.05) is 36.0 Å². The van der Waals surface area contributed by atoms with Crippen LogP contribution in [0.15, 0.2) is 42.6 Å². The van der Waals surface area contributed by atoms with Gasteiger partial charge in [0.05, 0.1) is 11.5 Å². The Morgan fingerprint density at radius 2 is 1.85 bits per heavy atom. The Kier molecular flexibility index (Phi) is 4.70. The lowest BCUT2D eigenvalue weighted by Crippen LogP contribution is -2.64. The quantitative estimate of drug-likeness (QED) is 0.818. The summed E-state index contributed by atoms with van der Waals surface area (Å²) in [5.74, 6) is 1.22. The predicted molar refractivity (Wildman–Crippen MR) is 103 cm³/mol. The van der Waals surface area contributed by atoms with Crippen LogP contribution in [0.5, 0.6) is 0 Å². The summed E-state index contributed by atoms with van der Waals surface area (Å²) in [5.41, 5.74) is 6.28. The number of primary amides is 1. The van der Waals surface area contributed by atoms with Crippen LogP contribution in [0.25, 0.3) is 0 Å². The highest BCUT2D eigenvalue weighted by atomic mass is 16.3. The molecule has 2 aliphatic heterocycles. The van der Waals surface area contributed by atoms with E-state index in [1.807, 2.05) is 41.3 Å². The van der Waals surface area contributed by atoms with E-state index in [9.17, 15) is 9.90 Å². The van der Waals surface area contributed by atoms with Crippen LogP contribution < -0.4 is 15.5 Å². The van der Waals surface area contributed by atoms with E-state index >= 15 is 0 Å². The lowest BCUT2D eigenvalue weighted by molar-refractivity contribution is -0.129. The molecule has 0 radical (unpaired) electrons. The van der Waals surface area contributed by atoms with Crippen LogP contribution in [-0.2, 0) is 11.2 Å². The average molecular weight is 367 g/mol. The number of benzene rings is 1. The Hall–Kier alpha value is -2.67. The fourth-order valence-corrected chi connectivity index (χ4v) is 3.93. The van der Waals surface area contributed by atoms with E-state index in [1.165, 1.54) is 0 Å². The maximum absolute atomic E-state index is 12.2. The molecular formula is C20H25N5O2. The molecule has 2 fully saturated rings. The van der Waals surface area contributed by atoms with Crippen molar-refractivity contribution in [2.24, 2.45) is 11.1 Å².